The quantitative estimate of drug-likeness (QED) is 0.434. The van der Waals surface area contributed by atoms with Gasteiger partial charge >= 0.3 is 0 Å². The van der Waals surface area contributed by atoms with Gasteiger partial charge in [-0.1, -0.05) is 13.0 Å². The Morgan fingerprint density at radius 1 is 1.47 bits per heavy atom. The molecule has 0 saturated carbocycles. The van der Waals surface area contributed by atoms with Crippen LogP contribution in [-0.4, -0.2) is 20.3 Å². The van der Waals surface area contributed by atoms with Crippen molar-refractivity contribution >= 4 is 0 Å². The maximum atomic E-state index is 13.5. The van der Waals surface area contributed by atoms with Gasteiger partial charge in [-0.15, -0.1) is 0 Å². The Kier molecular flexibility index (Phi) is 5.90. The van der Waals surface area contributed by atoms with Crippen molar-refractivity contribution < 1.29 is 13.9 Å². The zero-order valence-corrected chi connectivity index (χ0v) is 10.2. The molecule has 1 unspecified atom stereocenters. The summed E-state index contributed by atoms with van der Waals surface area (Å²) in [6.07, 6.45) is 0.939. The van der Waals surface area contributed by atoms with Crippen LogP contribution in [0.1, 0.15) is 24.9 Å². The molecule has 0 spiro atoms. The monoisotopic (exact) mass is 242 g/mol. The lowest BCUT2D eigenvalue weighted by Gasteiger charge is -2.17. The number of ether oxygens (including phenoxy) is 2. The number of hydrogen-bond donors (Lipinski definition) is 2. The minimum atomic E-state index is -0.402. The maximum Gasteiger partial charge on any atom is 0.165 e. The second kappa shape index (κ2) is 7.21. The molecule has 3 N–H and O–H groups in total. The van der Waals surface area contributed by atoms with Crippen LogP contribution in [0.5, 0.6) is 5.75 Å². The number of benzene rings is 1. The van der Waals surface area contributed by atoms with Crippen molar-refractivity contribution in [1.82, 2.24) is 5.43 Å². The highest BCUT2D eigenvalue weighted by Gasteiger charge is 2.12. The fourth-order valence-corrected chi connectivity index (χ4v) is 1.49. The largest absolute Gasteiger partial charge is 0.494 e. The summed E-state index contributed by atoms with van der Waals surface area (Å²) in [5, 5.41) is 0. The van der Waals surface area contributed by atoms with Gasteiger partial charge < -0.3 is 9.47 Å². The molecule has 0 saturated heterocycles. The van der Waals surface area contributed by atoms with Crippen LogP contribution < -0.4 is 16.0 Å². The highest BCUT2D eigenvalue weighted by molar-refractivity contribution is 5.31. The van der Waals surface area contributed by atoms with E-state index in [0.717, 1.165) is 12.0 Å². The molecule has 1 rings (SSSR count). The van der Waals surface area contributed by atoms with Crippen LogP contribution in [0, 0.1) is 5.82 Å². The molecule has 1 aromatic carbocycles. The van der Waals surface area contributed by atoms with E-state index in [1.54, 1.807) is 12.1 Å². The molecule has 17 heavy (non-hydrogen) atoms. The van der Waals surface area contributed by atoms with Gasteiger partial charge in [0.1, 0.15) is 0 Å². The molecule has 1 atom stereocenters. The van der Waals surface area contributed by atoms with E-state index in [-0.39, 0.29) is 11.8 Å². The highest BCUT2D eigenvalue weighted by atomic mass is 19.1. The molecule has 0 amide bonds. The van der Waals surface area contributed by atoms with Gasteiger partial charge in [-0.2, -0.15) is 0 Å². The molecule has 0 heterocycles. The Bertz CT molecular complexity index is 347. The third-order valence-electron chi connectivity index (χ3n) is 2.41. The molecule has 4 nitrogen and oxygen atoms in total. The summed E-state index contributed by atoms with van der Waals surface area (Å²) in [6.45, 7) is 3.10. The summed E-state index contributed by atoms with van der Waals surface area (Å²) in [4.78, 5) is 0. The third kappa shape index (κ3) is 3.96. The van der Waals surface area contributed by atoms with Crippen LogP contribution in [0.4, 0.5) is 4.39 Å². The number of nitrogens with one attached hydrogen (secondary N) is 1. The predicted molar refractivity (Wildman–Crippen MR) is 64.1 cm³/mol. The minimum absolute atomic E-state index is 0.220. The number of halogens is 1. The highest BCUT2D eigenvalue weighted by Crippen LogP contribution is 2.21. The van der Waals surface area contributed by atoms with Gasteiger partial charge in [0.15, 0.2) is 11.6 Å². The average Bonchev–Trinajstić information content (AvgIpc) is 2.35. The van der Waals surface area contributed by atoms with Crippen molar-refractivity contribution in [1.29, 1.82) is 0 Å². The molecule has 1 aromatic rings. The van der Waals surface area contributed by atoms with Crippen LogP contribution in [0.2, 0.25) is 0 Å². The Morgan fingerprint density at radius 3 is 2.76 bits per heavy atom. The fourth-order valence-electron chi connectivity index (χ4n) is 1.49. The molecule has 0 aromatic heterocycles. The summed E-state index contributed by atoms with van der Waals surface area (Å²) in [5.74, 6) is 5.24. The van der Waals surface area contributed by atoms with Gasteiger partial charge in [-0.05, 0) is 24.1 Å². The summed E-state index contributed by atoms with van der Waals surface area (Å²) in [5.41, 5.74) is 3.35. The van der Waals surface area contributed by atoms with Gasteiger partial charge in [0, 0.05) is 6.61 Å². The van der Waals surface area contributed by atoms with Gasteiger partial charge in [-0.25, -0.2) is 4.39 Å². The van der Waals surface area contributed by atoms with Gasteiger partial charge in [0.2, 0.25) is 0 Å². The van der Waals surface area contributed by atoms with Crippen LogP contribution in [0.25, 0.3) is 0 Å². The number of hydrogen-bond acceptors (Lipinski definition) is 4. The number of hydrazine groups is 1. The molecule has 0 aliphatic rings. The Balaban J connectivity index is 2.71. The van der Waals surface area contributed by atoms with Crippen LogP contribution in [0.3, 0.4) is 0 Å². The topological polar surface area (TPSA) is 56.5 Å². The summed E-state index contributed by atoms with van der Waals surface area (Å²) in [6, 6.07) is 4.52. The Hall–Kier alpha value is -1.17. The zero-order chi connectivity index (χ0) is 12.7. The Morgan fingerprint density at radius 2 is 2.24 bits per heavy atom. The van der Waals surface area contributed by atoms with Crippen LogP contribution in [0.15, 0.2) is 18.2 Å². The van der Waals surface area contributed by atoms with E-state index in [1.165, 1.54) is 13.2 Å². The molecule has 0 bridgehead atoms. The first kappa shape index (κ1) is 13.9. The van der Waals surface area contributed by atoms with E-state index in [1.807, 2.05) is 6.92 Å². The predicted octanol–water partition coefficient (Wildman–Crippen LogP) is 1.77. The maximum absolute atomic E-state index is 13.5. The van der Waals surface area contributed by atoms with E-state index in [9.17, 15) is 4.39 Å². The second-order valence-corrected chi connectivity index (χ2v) is 3.69. The lowest BCUT2D eigenvalue weighted by atomic mass is 10.1. The van der Waals surface area contributed by atoms with Gasteiger partial charge in [0.25, 0.3) is 0 Å². The molecule has 0 aliphatic carbocycles. The van der Waals surface area contributed by atoms with Gasteiger partial charge in [0.05, 0.1) is 19.8 Å². The number of methoxy groups -OCH3 is 1. The lowest BCUT2D eigenvalue weighted by molar-refractivity contribution is 0.112. The molecular formula is C12H19FN2O2. The van der Waals surface area contributed by atoms with Crippen molar-refractivity contribution in [3.8, 4) is 5.75 Å². The van der Waals surface area contributed by atoms with Crippen LogP contribution in [-0.2, 0) is 4.74 Å². The lowest BCUT2D eigenvalue weighted by Crippen LogP contribution is -2.31. The Labute approximate surface area is 101 Å². The first-order valence-electron chi connectivity index (χ1n) is 5.60. The number of nitrogens with two attached hydrogens (primary N) is 1. The number of rotatable bonds is 7. The standard InChI is InChI=1S/C12H19FN2O2/c1-3-6-17-8-11(15-14)9-4-5-12(16-2)10(13)7-9/h4-5,7,11,15H,3,6,8,14H2,1-2H3. The van der Waals surface area contributed by atoms with E-state index in [4.69, 9.17) is 15.3 Å². The smallest absolute Gasteiger partial charge is 0.165 e. The van der Waals surface area contributed by atoms with Crippen molar-refractivity contribution in [2.24, 2.45) is 5.84 Å². The molecule has 0 radical (unpaired) electrons. The van der Waals surface area contributed by atoms with E-state index in [2.05, 4.69) is 5.43 Å². The van der Waals surface area contributed by atoms with Crippen molar-refractivity contribution in [3.63, 3.8) is 0 Å². The molecule has 5 heteroatoms. The first-order chi connectivity index (χ1) is 8.22. The second-order valence-electron chi connectivity index (χ2n) is 3.69. The minimum Gasteiger partial charge on any atom is -0.494 e. The van der Waals surface area contributed by atoms with E-state index in [0.29, 0.717) is 13.2 Å². The molecular weight excluding hydrogens is 223 g/mol. The van der Waals surface area contributed by atoms with Crippen molar-refractivity contribution in [2.45, 2.75) is 19.4 Å². The third-order valence-corrected chi connectivity index (χ3v) is 2.41. The van der Waals surface area contributed by atoms with E-state index < -0.39 is 5.82 Å². The molecule has 96 valence electrons. The summed E-state index contributed by atoms with van der Waals surface area (Å²) in [7, 11) is 1.43. The fraction of sp³-hybridized carbons (Fsp3) is 0.500. The SMILES string of the molecule is CCCOCC(NN)c1ccc(OC)c(F)c1. The van der Waals surface area contributed by atoms with Crippen molar-refractivity contribution in [3.05, 3.63) is 29.6 Å². The first-order valence-corrected chi connectivity index (χ1v) is 5.60. The summed E-state index contributed by atoms with van der Waals surface area (Å²) >= 11 is 0. The summed E-state index contributed by atoms with van der Waals surface area (Å²) < 4.78 is 23.7. The van der Waals surface area contributed by atoms with Crippen LogP contribution >= 0.6 is 0 Å². The molecule has 0 fully saturated rings. The van der Waals surface area contributed by atoms with Gasteiger partial charge in [-0.3, -0.25) is 11.3 Å². The zero-order valence-electron chi connectivity index (χ0n) is 10.2. The van der Waals surface area contributed by atoms with Crippen molar-refractivity contribution in [2.75, 3.05) is 20.3 Å². The van der Waals surface area contributed by atoms with E-state index >= 15 is 0 Å². The molecule has 0 aliphatic heterocycles. The normalized spacial score (nSPS) is 12.5. The average molecular weight is 242 g/mol.